The van der Waals surface area contributed by atoms with Gasteiger partial charge in [-0.05, 0) is 50.2 Å². The van der Waals surface area contributed by atoms with Crippen LogP contribution in [-0.4, -0.2) is 38.0 Å². The quantitative estimate of drug-likeness (QED) is 0.561. The van der Waals surface area contributed by atoms with Gasteiger partial charge in [0.15, 0.2) is 0 Å². The van der Waals surface area contributed by atoms with Crippen LogP contribution in [0.5, 0.6) is 0 Å². The van der Waals surface area contributed by atoms with E-state index < -0.39 is 0 Å². The van der Waals surface area contributed by atoms with Gasteiger partial charge in [-0.25, -0.2) is 0 Å². The Labute approximate surface area is 163 Å². The molecule has 2 aromatic rings. The van der Waals surface area contributed by atoms with Crippen molar-refractivity contribution in [1.82, 2.24) is 10.6 Å². The van der Waals surface area contributed by atoms with Gasteiger partial charge < -0.3 is 21.3 Å². The van der Waals surface area contributed by atoms with Gasteiger partial charge in [0.05, 0.1) is 24.5 Å². The number of carbonyl (C=O) groups excluding carboxylic acids is 2. The molecule has 6 nitrogen and oxygen atoms in total. The molecule has 0 fully saturated rings. The Kier molecular flexibility index (Phi) is 7.27. The van der Waals surface area contributed by atoms with E-state index in [0.29, 0.717) is 0 Å². The van der Waals surface area contributed by atoms with Crippen LogP contribution in [-0.2, 0) is 9.59 Å². The molecule has 1 heterocycles. The summed E-state index contributed by atoms with van der Waals surface area (Å²) < 4.78 is 0. The van der Waals surface area contributed by atoms with E-state index >= 15 is 0 Å². The molecule has 142 valence electrons. The third-order valence-electron chi connectivity index (χ3n) is 4.07. The zero-order chi connectivity index (χ0) is 18.9. The lowest BCUT2D eigenvalue weighted by molar-refractivity contribution is -0.116. The maximum atomic E-state index is 12.2. The van der Waals surface area contributed by atoms with Gasteiger partial charge in [-0.1, -0.05) is 36.0 Å². The second kappa shape index (κ2) is 10.1. The third-order valence-corrected chi connectivity index (χ3v) is 5.22. The Bertz CT molecular complexity index is 732. The second-order valence-electron chi connectivity index (χ2n) is 6.25. The number of anilines is 2. The van der Waals surface area contributed by atoms with Gasteiger partial charge in [0.1, 0.15) is 0 Å². The lowest BCUT2D eigenvalue weighted by atomic mass is 10.3. The van der Waals surface area contributed by atoms with E-state index in [1.165, 1.54) is 11.8 Å². The SMILES string of the molecule is O=C1CNCCCCNCC(=O)Nc2ccccc2Sc2ccccc2N1. The zero-order valence-corrected chi connectivity index (χ0v) is 15.9. The van der Waals surface area contributed by atoms with Crippen molar-refractivity contribution < 1.29 is 9.59 Å². The van der Waals surface area contributed by atoms with Crippen LogP contribution in [0.1, 0.15) is 12.8 Å². The van der Waals surface area contributed by atoms with Gasteiger partial charge in [0, 0.05) is 9.79 Å². The normalized spacial score (nSPS) is 17.0. The van der Waals surface area contributed by atoms with Crippen LogP contribution in [0.15, 0.2) is 58.3 Å². The monoisotopic (exact) mass is 384 g/mol. The molecule has 0 aliphatic carbocycles. The molecule has 0 aromatic heterocycles. The lowest BCUT2D eigenvalue weighted by Crippen LogP contribution is -2.30. The highest BCUT2D eigenvalue weighted by molar-refractivity contribution is 7.99. The molecule has 0 unspecified atom stereocenters. The minimum atomic E-state index is -0.0629. The maximum Gasteiger partial charge on any atom is 0.238 e. The minimum Gasteiger partial charge on any atom is -0.324 e. The summed E-state index contributed by atoms with van der Waals surface area (Å²) >= 11 is 1.51. The van der Waals surface area contributed by atoms with Gasteiger partial charge in [0.2, 0.25) is 11.8 Å². The smallest absolute Gasteiger partial charge is 0.238 e. The summed E-state index contributed by atoms with van der Waals surface area (Å²) in [4.78, 5) is 26.3. The number of hydrogen-bond donors (Lipinski definition) is 4. The molecule has 7 heteroatoms. The number of amides is 2. The summed E-state index contributed by atoms with van der Waals surface area (Å²) in [6, 6.07) is 15.4. The maximum absolute atomic E-state index is 12.2. The van der Waals surface area contributed by atoms with E-state index in [2.05, 4.69) is 21.3 Å². The van der Waals surface area contributed by atoms with Crippen molar-refractivity contribution in [1.29, 1.82) is 0 Å². The first kappa shape index (κ1) is 19.4. The van der Waals surface area contributed by atoms with Crippen LogP contribution in [0.3, 0.4) is 0 Å². The summed E-state index contributed by atoms with van der Waals surface area (Å²) in [5, 5.41) is 12.3. The number of benzene rings is 2. The molecule has 0 spiro atoms. The summed E-state index contributed by atoms with van der Waals surface area (Å²) in [5.74, 6) is -0.126. The molecule has 0 bridgehead atoms. The fourth-order valence-electron chi connectivity index (χ4n) is 2.73. The van der Waals surface area contributed by atoms with Gasteiger partial charge in [-0.2, -0.15) is 0 Å². The Hall–Kier alpha value is -2.35. The van der Waals surface area contributed by atoms with Crippen molar-refractivity contribution in [3.05, 3.63) is 48.5 Å². The van der Waals surface area contributed by atoms with Crippen LogP contribution in [0.2, 0.25) is 0 Å². The number of carbonyl (C=O) groups is 2. The van der Waals surface area contributed by atoms with Crippen LogP contribution in [0.25, 0.3) is 0 Å². The van der Waals surface area contributed by atoms with Crippen LogP contribution < -0.4 is 21.3 Å². The Balaban J connectivity index is 1.84. The number of para-hydroxylation sites is 2. The predicted molar refractivity (Wildman–Crippen MR) is 109 cm³/mol. The van der Waals surface area contributed by atoms with Gasteiger partial charge in [-0.15, -0.1) is 0 Å². The van der Waals surface area contributed by atoms with Gasteiger partial charge >= 0.3 is 0 Å². The average Bonchev–Trinajstić information content (AvgIpc) is 2.66. The zero-order valence-electron chi connectivity index (χ0n) is 15.1. The van der Waals surface area contributed by atoms with Crippen molar-refractivity contribution in [3.8, 4) is 0 Å². The molecule has 2 aromatic carbocycles. The largest absolute Gasteiger partial charge is 0.324 e. The van der Waals surface area contributed by atoms with Gasteiger partial charge in [0.25, 0.3) is 0 Å². The minimum absolute atomic E-state index is 0.0629. The van der Waals surface area contributed by atoms with Crippen molar-refractivity contribution in [3.63, 3.8) is 0 Å². The highest BCUT2D eigenvalue weighted by Gasteiger charge is 2.12. The van der Waals surface area contributed by atoms with Crippen molar-refractivity contribution >= 4 is 35.0 Å². The van der Waals surface area contributed by atoms with E-state index in [-0.39, 0.29) is 24.9 Å². The molecule has 0 saturated heterocycles. The van der Waals surface area contributed by atoms with Gasteiger partial charge in [-0.3, -0.25) is 9.59 Å². The molecule has 1 aliphatic rings. The van der Waals surface area contributed by atoms with Crippen molar-refractivity contribution in [2.45, 2.75) is 22.6 Å². The molecule has 1 aliphatic heterocycles. The van der Waals surface area contributed by atoms with E-state index in [0.717, 1.165) is 47.1 Å². The summed E-state index contributed by atoms with van der Waals surface area (Å²) in [7, 11) is 0. The number of nitrogens with one attached hydrogen (secondary N) is 4. The summed E-state index contributed by atoms with van der Waals surface area (Å²) in [6.45, 7) is 2.10. The highest BCUT2D eigenvalue weighted by Crippen LogP contribution is 2.37. The third kappa shape index (κ3) is 6.09. The average molecular weight is 385 g/mol. The van der Waals surface area contributed by atoms with Crippen molar-refractivity contribution in [2.75, 3.05) is 36.8 Å². The standard InChI is InChI=1S/C20H24N4O2S/c25-19-13-21-11-5-6-12-22-14-20(26)24-16-8-2-4-10-18(16)27-17-9-3-1-7-15(17)23-19/h1-4,7-10,21-22H,5-6,11-14H2,(H,23,25)(H,24,26). The van der Waals surface area contributed by atoms with Crippen molar-refractivity contribution in [2.24, 2.45) is 0 Å². The Morgan fingerprint density at radius 1 is 0.667 bits per heavy atom. The second-order valence-corrected chi connectivity index (χ2v) is 7.34. The van der Waals surface area contributed by atoms with E-state index in [4.69, 9.17) is 0 Å². The predicted octanol–water partition coefficient (Wildman–Crippen LogP) is 2.69. The van der Waals surface area contributed by atoms with Crippen LogP contribution in [0.4, 0.5) is 11.4 Å². The van der Waals surface area contributed by atoms with Crippen LogP contribution in [0, 0.1) is 0 Å². The molecular formula is C20H24N4O2S. The van der Waals surface area contributed by atoms with Crippen LogP contribution >= 0.6 is 11.8 Å². The molecule has 0 atom stereocenters. The molecule has 27 heavy (non-hydrogen) atoms. The molecule has 4 N–H and O–H groups in total. The summed E-state index contributed by atoms with van der Waals surface area (Å²) in [5.41, 5.74) is 1.53. The molecule has 0 saturated carbocycles. The topological polar surface area (TPSA) is 82.3 Å². The highest BCUT2D eigenvalue weighted by atomic mass is 32.2. The number of rotatable bonds is 0. The molecule has 0 radical (unpaired) electrons. The number of fused-ring (bicyclic) bond motifs is 2. The Morgan fingerprint density at radius 2 is 1.11 bits per heavy atom. The molecular weight excluding hydrogens is 360 g/mol. The molecule has 2 amide bonds. The van der Waals surface area contributed by atoms with E-state index in [1.54, 1.807) is 0 Å². The Morgan fingerprint density at radius 3 is 1.59 bits per heavy atom. The van der Waals surface area contributed by atoms with E-state index in [9.17, 15) is 9.59 Å². The molecule has 3 rings (SSSR count). The lowest BCUT2D eigenvalue weighted by Gasteiger charge is -2.14. The number of hydrogen-bond acceptors (Lipinski definition) is 5. The van der Waals surface area contributed by atoms with E-state index in [1.807, 2.05) is 48.5 Å². The first-order valence-corrected chi connectivity index (χ1v) is 9.91. The fraction of sp³-hybridized carbons (Fsp3) is 0.300. The fourth-order valence-corrected chi connectivity index (χ4v) is 3.72. The first-order valence-electron chi connectivity index (χ1n) is 9.09. The first-order chi connectivity index (χ1) is 13.2. The summed E-state index contributed by atoms with van der Waals surface area (Å²) in [6.07, 6.45) is 1.88.